The standard InChI is InChI=1S/C23H35N5/c1-2-24-23(28-16-12-22(19-28)26-13-6-7-14-26)25-17-21-11-8-15-27(21)18-20-9-4-3-5-10-20/h3-7,9-10,21-22H,2,8,11-19H2,1H3,(H,24,25). The molecule has 1 aromatic rings. The van der Waals surface area contributed by atoms with Crippen LogP contribution < -0.4 is 5.32 Å². The molecule has 28 heavy (non-hydrogen) atoms. The van der Waals surface area contributed by atoms with Crippen LogP contribution in [-0.2, 0) is 6.54 Å². The van der Waals surface area contributed by atoms with Gasteiger partial charge in [0.25, 0.3) is 0 Å². The average molecular weight is 382 g/mol. The minimum Gasteiger partial charge on any atom is -0.357 e. The molecule has 0 amide bonds. The number of hydrogen-bond donors (Lipinski definition) is 1. The number of hydrogen-bond acceptors (Lipinski definition) is 3. The molecule has 2 saturated heterocycles. The number of nitrogens with one attached hydrogen (secondary N) is 1. The van der Waals surface area contributed by atoms with E-state index in [0.717, 1.165) is 51.8 Å². The summed E-state index contributed by atoms with van der Waals surface area (Å²) in [4.78, 5) is 12.8. The van der Waals surface area contributed by atoms with E-state index in [2.05, 4.69) is 69.4 Å². The van der Waals surface area contributed by atoms with Crippen LogP contribution >= 0.6 is 0 Å². The maximum atomic E-state index is 5.09. The van der Waals surface area contributed by atoms with Gasteiger partial charge in [0.15, 0.2) is 5.96 Å². The van der Waals surface area contributed by atoms with Gasteiger partial charge in [-0.25, -0.2) is 0 Å². The molecule has 1 aromatic carbocycles. The van der Waals surface area contributed by atoms with Crippen LogP contribution in [0.1, 0.15) is 31.7 Å². The first kappa shape index (κ1) is 19.5. The van der Waals surface area contributed by atoms with Gasteiger partial charge < -0.3 is 10.2 Å². The highest BCUT2D eigenvalue weighted by Gasteiger charge is 2.30. The normalized spacial score (nSPS) is 26.5. The lowest BCUT2D eigenvalue weighted by Gasteiger charge is -2.27. The highest BCUT2D eigenvalue weighted by atomic mass is 15.3. The minimum atomic E-state index is 0.565. The van der Waals surface area contributed by atoms with Crippen molar-refractivity contribution >= 4 is 5.96 Å². The fourth-order valence-corrected chi connectivity index (χ4v) is 4.77. The second-order valence-corrected chi connectivity index (χ2v) is 8.26. The molecule has 0 aliphatic carbocycles. The Kier molecular flexibility index (Phi) is 6.65. The molecular weight excluding hydrogens is 346 g/mol. The Morgan fingerprint density at radius 1 is 1.11 bits per heavy atom. The first-order valence-electron chi connectivity index (χ1n) is 11.0. The molecule has 0 saturated carbocycles. The van der Waals surface area contributed by atoms with E-state index in [1.165, 1.54) is 31.4 Å². The van der Waals surface area contributed by atoms with E-state index >= 15 is 0 Å². The molecular formula is C23H35N5. The molecule has 3 aliphatic rings. The Hall–Kier alpha value is -1.85. The van der Waals surface area contributed by atoms with Crippen LogP contribution in [0.2, 0.25) is 0 Å². The lowest BCUT2D eigenvalue weighted by molar-refractivity contribution is 0.249. The maximum Gasteiger partial charge on any atom is 0.194 e. The largest absolute Gasteiger partial charge is 0.357 e. The fourth-order valence-electron chi connectivity index (χ4n) is 4.77. The van der Waals surface area contributed by atoms with Crippen LogP contribution in [-0.4, -0.2) is 78.6 Å². The van der Waals surface area contributed by atoms with Crippen LogP contribution in [0, 0.1) is 0 Å². The zero-order valence-corrected chi connectivity index (χ0v) is 17.3. The summed E-state index contributed by atoms with van der Waals surface area (Å²) >= 11 is 0. The van der Waals surface area contributed by atoms with Gasteiger partial charge >= 0.3 is 0 Å². The van der Waals surface area contributed by atoms with E-state index in [1.54, 1.807) is 0 Å². The van der Waals surface area contributed by atoms with Gasteiger partial charge in [-0.15, -0.1) is 0 Å². The lowest BCUT2D eigenvalue weighted by atomic mass is 10.2. The number of benzene rings is 1. The highest BCUT2D eigenvalue weighted by molar-refractivity contribution is 5.80. The third-order valence-electron chi connectivity index (χ3n) is 6.34. The van der Waals surface area contributed by atoms with Gasteiger partial charge in [-0.3, -0.25) is 14.8 Å². The molecule has 5 nitrogen and oxygen atoms in total. The highest BCUT2D eigenvalue weighted by Crippen LogP contribution is 2.21. The SMILES string of the molecule is CCNC(=NCC1CCCN1Cc1ccccc1)N1CCC(N2CC=CC2)C1. The van der Waals surface area contributed by atoms with E-state index in [0.29, 0.717) is 12.1 Å². The van der Waals surface area contributed by atoms with Crippen LogP contribution in [0.3, 0.4) is 0 Å². The van der Waals surface area contributed by atoms with Crippen LogP contribution in [0.5, 0.6) is 0 Å². The summed E-state index contributed by atoms with van der Waals surface area (Å²) in [6.45, 7) is 10.7. The van der Waals surface area contributed by atoms with Crippen LogP contribution in [0.4, 0.5) is 0 Å². The number of rotatable bonds is 6. The number of likely N-dealkylation sites (tertiary alicyclic amines) is 2. The molecule has 2 atom stereocenters. The average Bonchev–Trinajstić information content (AvgIpc) is 3.47. The summed E-state index contributed by atoms with van der Waals surface area (Å²) < 4.78 is 0. The molecule has 3 aliphatic heterocycles. The fraction of sp³-hybridized carbons (Fsp3) is 0.609. The molecule has 5 heteroatoms. The Balaban J connectivity index is 1.35. The third-order valence-corrected chi connectivity index (χ3v) is 6.34. The second-order valence-electron chi connectivity index (χ2n) is 8.26. The van der Waals surface area contributed by atoms with Crippen molar-refractivity contribution in [3.8, 4) is 0 Å². The molecule has 4 rings (SSSR count). The van der Waals surface area contributed by atoms with Crippen molar-refractivity contribution in [3.05, 3.63) is 48.0 Å². The minimum absolute atomic E-state index is 0.565. The van der Waals surface area contributed by atoms with Crippen molar-refractivity contribution in [2.24, 2.45) is 4.99 Å². The smallest absolute Gasteiger partial charge is 0.194 e. The zero-order chi connectivity index (χ0) is 19.2. The Morgan fingerprint density at radius 2 is 1.93 bits per heavy atom. The predicted octanol–water partition coefficient (Wildman–Crippen LogP) is 2.56. The molecule has 152 valence electrons. The van der Waals surface area contributed by atoms with E-state index in [9.17, 15) is 0 Å². The maximum absolute atomic E-state index is 5.09. The van der Waals surface area contributed by atoms with E-state index < -0.39 is 0 Å². The van der Waals surface area contributed by atoms with Crippen LogP contribution in [0.15, 0.2) is 47.5 Å². The first-order valence-corrected chi connectivity index (χ1v) is 11.0. The first-order chi connectivity index (χ1) is 13.8. The van der Waals surface area contributed by atoms with Crippen molar-refractivity contribution in [1.29, 1.82) is 0 Å². The van der Waals surface area contributed by atoms with E-state index in [4.69, 9.17) is 4.99 Å². The zero-order valence-electron chi connectivity index (χ0n) is 17.3. The van der Waals surface area contributed by atoms with Crippen LogP contribution in [0.25, 0.3) is 0 Å². The van der Waals surface area contributed by atoms with E-state index in [-0.39, 0.29) is 0 Å². The van der Waals surface area contributed by atoms with Gasteiger partial charge in [-0.05, 0) is 38.3 Å². The number of nitrogens with zero attached hydrogens (tertiary/aromatic N) is 4. The molecule has 0 bridgehead atoms. The summed E-state index contributed by atoms with van der Waals surface area (Å²) in [6.07, 6.45) is 8.39. The molecule has 2 fully saturated rings. The second kappa shape index (κ2) is 9.57. The van der Waals surface area contributed by atoms with Gasteiger partial charge in [0.2, 0.25) is 0 Å². The molecule has 0 radical (unpaired) electrons. The predicted molar refractivity (Wildman–Crippen MR) is 117 cm³/mol. The summed E-state index contributed by atoms with van der Waals surface area (Å²) in [7, 11) is 0. The van der Waals surface area contributed by atoms with Gasteiger partial charge in [-0.2, -0.15) is 0 Å². The summed E-state index contributed by atoms with van der Waals surface area (Å²) in [6, 6.07) is 12.1. The van der Waals surface area contributed by atoms with Crippen molar-refractivity contribution in [3.63, 3.8) is 0 Å². The topological polar surface area (TPSA) is 34.1 Å². The molecule has 2 unspecified atom stereocenters. The van der Waals surface area contributed by atoms with Gasteiger partial charge in [0.1, 0.15) is 0 Å². The van der Waals surface area contributed by atoms with Gasteiger partial charge in [0, 0.05) is 51.4 Å². The molecule has 0 aromatic heterocycles. The number of guanidine groups is 1. The van der Waals surface area contributed by atoms with Gasteiger partial charge in [0.05, 0.1) is 6.54 Å². The van der Waals surface area contributed by atoms with Crippen molar-refractivity contribution in [1.82, 2.24) is 20.0 Å². The summed E-state index contributed by atoms with van der Waals surface area (Å²) in [5.41, 5.74) is 1.41. The summed E-state index contributed by atoms with van der Waals surface area (Å²) in [5.74, 6) is 1.11. The monoisotopic (exact) mass is 381 g/mol. The Bertz CT molecular complexity index is 663. The van der Waals surface area contributed by atoms with Crippen molar-refractivity contribution in [2.45, 2.75) is 44.8 Å². The van der Waals surface area contributed by atoms with E-state index in [1.807, 2.05) is 0 Å². The number of aliphatic imine (C=N–C) groups is 1. The molecule has 0 spiro atoms. The Morgan fingerprint density at radius 3 is 2.71 bits per heavy atom. The summed E-state index contributed by atoms with van der Waals surface area (Å²) in [5, 5.41) is 3.55. The lowest BCUT2D eigenvalue weighted by Crippen LogP contribution is -2.43. The Labute approximate surface area is 170 Å². The molecule has 3 heterocycles. The third kappa shape index (κ3) is 4.76. The van der Waals surface area contributed by atoms with Gasteiger partial charge in [-0.1, -0.05) is 42.5 Å². The van der Waals surface area contributed by atoms with Crippen molar-refractivity contribution in [2.75, 3.05) is 45.8 Å². The van der Waals surface area contributed by atoms with Crippen molar-refractivity contribution < 1.29 is 0 Å². The quantitative estimate of drug-likeness (QED) is 0.467. The molecule has 1 N–H and O–H groups in total.